The molecule has 9 heteroatoms. The number of carbonyl (C=O) groups excluding carboxylic acids is 1. The largest absolute Gasteiger partial charge is 0.343 e. The van der Waals surface area contributed by atoms with Crippen LogP contribution in [0.1, 0.15) is 21.3 Å². The summed E-state index contributed by atoms with van der Waals surface area (Å²) < 4.78 is 25.1. The average molecular weight is 376 g/mol. The zero-order valence-corrected chi connectivity index (χ0v) is 14.7. The van der Waals surface area contributed by atoms with E-state index in [2.05, 4.69) is 10.3 Å². The third kappa shape index (κ3) is 4.13. The Labute approximate surface area is 149 Å². The third-order valence-corrected chi connectivity index (χ3v) is 5.60. The molecule has 7 nitrogen and oxygen atoms in total. The van der Waals surface area contributed by atoms with Gasteiger partial charge < -0.3 is 9.88 Å². The number of imidazole rings is 1. The van der Waals surface area contributed by atoms with E-state index in [0.717, 1.165) is 16.9 Å². The van der Waals surface area contributed by atoms with Crippen molar-refractivity contribution in [2.75, 3.05) is 0 Å². The van der Waals surface area contributed by atoms with Gasteiger partial charge in [0.25, 0.3) is 5.91 Å². The molecule has 0 bridgehead atoms. The summed E-state index contributed by atoms with van der Waals surface area (Å²) in [5.41, 5.74) is 0.901. The minimum atomic E-state index is -3.95. The van der Waals surface area contributed by atoms with E-state index in [-0.39, 0.29) is 15.8 Å². The van der Waals surface area contributed by atoms with Gasteiger partial charge in [0.1, 0.15) is 9.77 Å². The van der Waals surface area contributed by atoms with Gasteiger partial charge in [-0.1, -0.05) is 30.3 Å². The summed E-state index contributed by atoms with van der Waals surface area (Å²) in [6.45, 7) is 0.464. The van der Waals surface area contributed by atoms with Crippen molar-refractivity contribution in [3.63, 3.8) is 0 Å². The Morgan fingerprint density at radius 1 is 1.28 bits per heavy atom. The number of hydrogen-bond donors (Lipinski definition) is 2. The zero-order valence-electron chi connectivity index (χ0n) is 13.1. The van der Waals surface area contributed by atoms with Crippen molar-refractivity contribution in [1.82, 2.24) is 14.9 Å². The van der Waals surface area contributed by atoms with Gasteiger partial charge in [-0.05, 0) is 17.0 Å². The van der Waals surface area contributed by atoms with Crippen LogP contribution in [-0.2, 0) is 16.6 Å². The number of sulfonamides is 1. The van der Waals surface area contributed by atoms with Crippen LogP contribution < -0.4 is 10.5 Å². The summed E-state index contributed by atoms with van der Waals surface area (Å²) in [4.78, 5) is 16.6. The fourth-order valence-electron chi connectivity index (χ4n) is 2.44. The SMILES string of the molecule is NS(=O)(=O)c1ccsc1C(=O)N[C@@H](Cn1ccnc1)c1ccccc1. The summed E-state index contributed by atoms with van der Waals surface area (Å²) in [7, 11) is -3.95. The van der Waals surface area contributed by atoms with E-state index in [1.165, 1.54) is 11.4 Å². The van der Waals surface area contributed by atoms with Gasteiger partial charge in [-0.25, -0.2) is 18.5 Å². The Morgan fingerprint density at radius 2 is 2.04 bits per heavy atom. The molecule has 2 heterocycles. The highest BCUT2D eigenvalue weighted by Gasteiger charge is 2.23. The van der Waals surface area contributed by atoms with E-state index >= 15 is 0 Å². The monoisotopic (exact) mass is 376 g/mol. The molecule has 2 aromatic heterocycles. The van der Waals surface area contributed by atoms with Gasteiger partial charge in [-0.15, -0.1) is 11.3 Å². The van der Waals surface area contributed by atoms with Gasteiger partial charge in [0, 0.05) is 18.9 Å². The van der Waals surface area contributed by atoms with Crippen LogP contribution in [0.5, 0.6) is 0 Å². The number of nitrogens with zero attached hydrogens (tertiary/aromatic N) is 2. The number of rotatable bonds is 6. The zero-order chi connectivity index (χ0) is 17.9. The van der Waals surface area contributed by atoms with Gasteiger partial charge in [-0.3, -0.25) is 4.79 Å². The predicted octanol–water partition coefficient (Wildman–Crippen LogP) is 1.76. The van der Waals surface area contributed by atoms with Crippen molar-refractivity contribution in [2.45, 2.75) is 17.5 Å². The van der Waals surface area contributed by atoms with E-state index in [4.69, 9.17) is 5.14 Å². The fraction of sp³-hybridized carbons (Fsp3) is 0.125. The van der Waals surface area contributed by atoms with Crippen LogP contribution in [0.2, 0.25) is 0 Å². The van der Waals surface area contributed by atoms with Gasteiger partial charge in [0.2, 0.25) is 10.0 Å². The lowest BCUT2D eigenvalue weighted by atomic mass is 10.1. The number of nitrogens with two attached hydrogens (primary N) is 1. The molecule has 0 aliphatic carbocycles. The van der Waals surface area contributed by atoms with E-state index in [9.17, 15) is 13.2 Å². The molecule has 1 amide bonds. The van der Waals surface area contributed by atoms with Crippen LogP contribution in [0.4, 0.5) is 0 Å². The molecular weight excluding hydrogens is 360 g/mol. The summed E-state index contributed by atoms with van der Waals surface area (Å²) in [6.07, 6.45) is 5.11. The van der Waals surface area contributed by atoms with E-state index < -0.39 is 15.9 Å². The second-order valence-electron chi connectivity index (χ2n) is 5.36. The first-order valence-electron chi connectivity index (χ1n) is 7.37. The van der Waals surface area contributed by atoms with Crippen LogP contribution in [0.3, 0.4) is 0 Å². The lowest BCUT2D eigenvalue weighted by molar-refractivity contribution is 0.0933. The van der Waals surface area contributed by atoms with Crippen molar-refractivity contribution < 1.29 is 13.2 Å². The Kier molecular flexibility index (Phi) is 4.98. The molecule has 0 aliphatic heterocycles. The molecule has 25 heavy (non-hydrogen) atoms. The molecule has 1 aromatic carbocycles. The molecule has 3 rings (SSSR count). The second kappa shape index (κ2) is 7.18. The lowest BCUT2D eigenvalue weighted by Gasteiger charge is -2.19. The number of amides is 1. The normalized spacial score (nSPS) is 12.7. The summed E-state index contributed by atoms with van der Waals surface area (Å²) in [5, 5.41) is 9.60. The number of aromatic nitrogens is 2. The lowest BCUT2D eigenvalue weighted by Crippen LogP contribution is -2.32. The summed E-state index contributed by atoms with van der Waals surface area (Å²) >= 11 is 1.04. The number of primary sulfonamides is 1. The first-order valence-corrected chi connectivity index (χ1v) is 9.79. The average Bonchev–Trinajstić information content (AvgIpc) is 3.26. The van der Waals surface area contributed by atoms with Crippen molar-refractivity contribution >= 4 is 27.3 Å². The maximum Gasteiger partial charge on any atom is 0.263 e. The summed E-state index contributed by atoms with van der Waals surface area (Å²) in [5.74, 6) is -0.479. The predicted molar refractivity (Wildman–Crippen MR) is 94.6 cm³/mol. The van der Waals surface area contributed by atoms with E-state index in [1.54, 1.807) is 18.7 Å². The number of benzene rings is 1. The van der Waals surface area contributed by atoms with Gasteiger partial charge in [0.15, 0.2) is 0 Å². The van der Waals surface area contributed by atoms with Crippen LogP contribution in [-0.4, -0.2) is 23.9 Å². The van der Waals surface area contributed by atoms with Crippen molar-refractivity contribution in [3.05, 3.63) is 70.9 Å². The van der Waals surface area contributed by atoms with Crippen molar-refractivity contribution in [2.24, 2.45) is 5.14 Å². The molecule has 0 fully saturated rings. The van der Waals surface area contributed by atoms with E-state index in [0.29, 0.717) is 6.54 Å². The topological polar surface area (TPSA) is 107 Å². The smallest absolute Gasteiger partial charge is 0.263 e. The molecule has 0 spiro atoms. The van der Waals surface area contributed by atoms with Crippen LogP contribution in [0.25, 0.3) is 0 Å². The Hall–Kier alpha value is -2.49. The van der Waals surface area contributed by atoms with E-state index in [1.807, 2.05) is 34.9 Å². The third-order valence-electron chi connectivity index (χ3n) is 3.60. The van der Waals surface area contributed by atoms with Gasteiger partial charge >= 0.3 is 0 Å². The minimum Gasteiger partial charge on any atom is -0.343 e. The van der Waals surface area contributed by atoms with Gasteiger partial charge in [-0.2, -0.15) is 0 Å². The first kappa shape index (κ1) is 17.3. The highest BCUT2D eigenvalue weighted by Crippen LogP contribution is 2.23. The standard InChI is InChI=1S/C16H16N4O3S2/c17-25(22,23)14-6-9-24-15(14)16(21)19-13(10-20-8-7-18-11-20)12-4-2-1-3-5-12/h1-9,11,13H,10H2,(H,19,21)(H2,17,22,23)/t13-/m0/s1. The number of thiophene rings is 1. The molecule has 3 N–H and O–H groups in total. The van der Waals surface area contributed by atoms with Crippen molar-refractivity contribution in [1.29, 1.82) is 0 Å². The molecule has 0 aliphatic rings. The van der Waals surface area contributed by atoms with Gasteiger partial charge in [0.05, 0.1) is 12.4 Å². The molecule has 1 atom stereocenters. The van der Waals surface area contributed by atoms with Crippen LogP contribution >= 0.6 is 11.3 Å². The number of nitrogens with one attached hydrogen (secondary N) is 1. The first-order chi connectivity index (χ1) is 11.9. The summed E-state index contributed by atoms with van der Waals surface area (Å²) in [6, 6.07) is 10.4. The van der Waals surface area contributed by atoms with Crippen LogP contribution in [0, 0.1) is 0 Å². The highest BCUT2D eigenvalue weighted by atomic mass is 32.2. The Morgan fingerprint density at radius 3 is 2.68 bits per heavy atom. The number of carbonyl (C=O) groups is 1. The highest BCUT2D eigenvalue weighted by molar-refractivity contribution is 7.89. The minimum absolute atomic E-state index is 0.0778. The molecular formula is C16H16N4O3S2. The van der Waals surface area contributed by atoms with Crippen LogP contribution in [0.15, 0.2) is 65.4 Å². The molecule has 0 saturated carbocycles. The molecule has 0 unspecified atom stereocenters. The maximum absolute atomic E-state index is 12.6. The fourth-order valence-corrected chi connectivity index (χ4v) is 4.31. The van der Waals surface area contributed by atoms with Crippen molar-refractivity contribution in [3.8, 4) is 0 Å². The second-order valence-corrected chi connectivity index (χ2v) is 7.80. The molecule has 0 saturated heterocycles. The molecule has 3 aromatic rings. The molecule has 0 radical (unpaired) electrons. The number of hydrogen-bond acceptors (Lipinski definition) is 5. The Balaban J connectivity index is 1.88. The Bertz CT molecular complexity index is 950. The molecule has 130 valence electrons. The maximum atomic E-state index is 12.6. The quantitative estimate of drug-likeness (QED) is 0.683.